The van der Waals surface area contributed by atoms with E-state index in [1.54, 1.807) is 0 Å². The van der Waals surface area contributed by atoms with Gasteiger partial charge >= 0.3 is 0 Å². The first-order valence-corrected chi connectivity index (χ1v) is 13.6. The molecule has 0 radical (unpaired) electrons. The summed E-state index contributed by atoms with van der Waals surface area (Å²) in [6.07, 6.45) is -6.49. The molecule has 18 heteroatoms. The Labute approximate surface area is 270 Å². The Balaban J connectivity index is 0.000000541. The lowest BCUT2D eigenvalue weighted by Crippen LogP contribution is -2.81. The molecule has 0 spiro atoms. The molecule has 0 saturated heterocycles. The Kier molecular flexibility index (Phi) is 10.4. The number of halogens is 16. The second kappa shape index (κ2) is 13.7. The van der Waals surface area contributed by atoms with Crippen molar-refractivity contribution >= 4 is 33.7 Å². The summed E-state index contributed by atoms with van der Waals surface area (Å²) in [7, 11) is 0. The van der Waals surface area contributed by atoms with Crippen molar-refractivity contribution in [3.05, 3.63) is 147 Å². The second-order valence-electron chi connectivity index (χ2n) is 10.8. The average molecular weight is 729 g/mol. The average Bonchev–Trinajstić information content (AvgIpc) is 3.04. The minimum Gasteiger partial charge on any atom is -0.325 e. The fourth-order valence-corrected chi connectivity index (χ4v) is 5.57. The molecule has 0 aliphatic carbocycles. The molecule has 0 unspecified atom stereocenters. The van der Waals surface area contributed by atoms with Crippen LogP contribution in [0.3, 0.4) is 0 Å². The molecule has 0 heterocycles. The third-order valence-corrected chi connectivity index (χ3v) is 8.03. The zero-order chi connectivity index (χ0) is 37.7. The predicted octanol–water partition coefficient (Wildman–Crippen LogP) is 6.47. The fraction of sp³-hybridized carbons (Fsp3) is 0.0625. The van der Waals surface area contributed by atoms with Crippen molar-refractivity contribution in [2.75, 3.05) is 0 Å². The van der Waals surface area contributed by atoms with E-state index in [0.717, 1.165) is 5.69 Å². The molecule has 0 fully saturated rings. The molecule has 5 aromatic rings. The van der Waals surface area contributed by atoms with Gasteiger partial charge in [0.15, 0.2) is 46.5 Å². The van der Waals surface area contributed by atoms with Crippen LogP contribution in [0.1, 0.15) is 11.1 Å². The molecule has 0 aliphatic rings. The third-order valence-electron chi connectivity index (χ3n) is 8.03. The van der Waals surface area contributed by atoms with Crippen molar-refractivity contribution in [3.63, 3.8) is 0 Å². The highest BCUT2D eigenvalue weighted by Gasteiger charge is 2.50. The number of hydrogen-bond donors (Lipinski definition) is 1. The van der Waals surface area contributed by atoms with Gasteiger partial charge in [0.2, 0.25) is 0 Å². The quantitative estimate of drug-likeness (QED) is 0.125. The molecule has 0 saturated carbocycles. The highest BCUT2D eigenvalue weighted by Crippen LogP contribution is 2.27. The van der Waals surface area contributed by atoms with E-state index < -0.39 is 145 Å². The highest BCUT2D eigenvalue weighted by molar-refractivity contribution is 7.20. The first-order valence-electron chi connectivity index (χ1n) is 13.6. The van der Waals surface area contributed by atoms with E-state index in [2.05, 4.69) is 25.6 Å². The van der Waals surface area contributed by atoms with Gasteiger partial charge in [0.25, 0.3) is 0 Å². The van der Waals surface area contributed by atoms with Crippen LogP contribution in [0.15, 0.2) is 42.5 Å². The van der Waals surface area contributed by atoms with E-state index in [0.29, 0.717) is 0 Å². The van der Waals surface area contributed by atoms with Crippen LogP contribution < -0.4 is 27.6 Å². The summed E-state index contributed by atoms with van der Waals surface area (Å²) in [6.45, 7) is 4.20. The van der Waals surface area contributed by atoms with Crippen LogP contribution in [0.2, 0.25) is 0 Å². The molecule has 0 bridgehead atoms. The number of benzene rings is 5. The Morgan fingerprint density at radius 3 is 0.780 bits per heavy atom. The zero-order valence-electron chi connectivity index (χ0n) is 24.9. The minimum absolute atomic E-state index is 0.689. The van der Waals surface area contributed by atoms with Gasteiger partial charge < -0.3 is 5.73 Å². The summed E-state index contributed by atoms with van der Waals surface area (Å²) in [5, 5.41) is 0. The monoisotopic (exact) mass is 729 g/mol. The van der Waals surface area contributed by atoms with Gasteiger partial charge in [0.1, 0.15) is 58.4 Å². The molecular formula is C32H16BF16N. The maximum atomic E-state index is 15.3. The van der Waals surface area contributed by atoms with Crippen LogP contribution in [0.4, 0.5) is 75.9 Å². The minimum atomic E-state index is -6.49. The van der Waals surface area contributed by atoms with Gasteiger partial charge in [-0.3, -0.25) is 0 Å². The normalized spacial score (nSPS) is 11.5. The Bertz CT molecular complexity index is 1800. The molecule has 0 aliphatic heterocycles. The first kappa shape index (κ1) is 37.8. The molecule has 5 rings (SSSR count). The maximum absolute atomic E-state index is 15.3. The van der Waals surface area contributed by atoms with Gasteiger partial charge in [-0.2, -0.15) is 0 Å². The van der Waals surface area contributed by atoms with E-state index in [4.69, 9.17) is 0 Å². The van der Waals surface area contributed by atoms with Crippen LogP contribution in [0.5, 0.6) is 0 Å². The van der Waals surface area contributed by atoms with Crippen molar-refractivity contribution in [2.45, 2.75) is 13.8 Å². The van der Waals surface area contributed by atoms with Crippen LogP contribution in [0, 0.1) is 107 Å². The van der Waals surface area contributed by atoms with Crippen LogP contribution in [0.25, 0.3) is 0 Å². The first-order chi connectivity index (χ1) is 23.2. The largest absolute Gasteiger partial charge is 0.325 e. The molecular weight excluding hydrogens is 713 g/mol. The van der Waals surface area contributed by atoms with Gasteiger partial charge in [-0.15, -0.1) is 21.9 Å². The maximum Gasteiger partial charge on any atom is 0.158 e. The van der Waals surface area contributed by atoms with Crippen LogP contribution >= 0.6 is 0 Å². The van der Waals surface area contributed by atoms with Crippen molar-refractivity contribution in [2.24, 2.45) is 0 Å². The van der Waals surface area contributed by atoms with E-state index in [1.165, 1.54) is 11.1 Å². The molecule has 264 valence electrons. The Hall–Kier alpha value is -5.00. The predicted molar refractivity (Wildman–Crippen MR) is 148 cm³/mol. The van der Waals surface area contributed by atoms with E-state index in [-0.39, 0.29) is 0 Å². The molecule has 0 aromatic heterocycles. The van der Waals surface area contributed by atoms with Crippen molar-refractivity contribution in [1.29, 1.82) is 0 Å². The summed E-state index contributed by atoms with van der Waals surface area (Å²) in [5.74, 6) is -46.2. The van der Waals surface area contributed by atoms with Gasteiger partial charge in [-0.25, -0.2) is 70.2 Å². The van der Waals surface area contributed by atoms with Crippen LogP contribution in [-0.4, -0.2) is 6.15 Å². The number of aryl methyl sites for hydroxylation is 1. The van der Waals surface area contributed by atoms with Crippen molar-refractivity contribution in [3.8, 4) is 0 Å². The molecule has 1 nitrogen and oxygen atoms in total. The SMILES string of the molecule is Cc1cccc([NH3+])c1C.Fc1cc(F)c(F)c([B-](c2c(F)c(F)cc(F)c2F)(c2c(F)c(F)cc(F)c2F)c2c(F)c(F)cc(F)c2F)c1F. The highest BCUT2D eigenvalue weighted by atomic mass is 19.2. The smallest absolute Gasteiger partial charge is 0.158 e. The second-order valence-corrected chi connectivity index (χ2v) is 10.8. The lowest BCUT2D eigenvalue weighted by atomic mass is 9.12. The summed E-state index contributed by atoms with van der Waals surface area (Å²) in [4.78, 5) is 0. The lowest BCUT2D eigenvalue weighted by Gasteiger charge is -2.44. The van der Waals surface area contributed by atoms with Gasteiger partial charge in [0.05, 0.1) is 0 Å². The van der Waals surface area contributed by atoms with E-state index in [1.807, 2.05) is 12.1 Å². The standard InChI is InChI=1S/C24H4BF16.C8H11N/c26-5-1-6(27)18(35)13(17(5)34)25(14-19(36)7(28)2-8(29)20(14)37,15-21(38)9(30)3-10(31)22(15)39)16-23(40)11(32)4-12(33)24(16)41;1-6-4-3-5-8(9)7(6)2/h1-4H;3-5H,9H2,1-2H3/q-1;/p+1. The summed E-state index contributed by atoms with van der Waals surface area (Å²) in [5.41, 5.74) is -4.32. The lowest BCUT2D eigenvalue weighted by molar-refractivity contribution is -0.255. The Morgan fingerprint density at radius 2 is 0.600 bits per heavy atom. The summed E-state index contributed by atoms with van der Waals surface area (Å²) < 4.78 is 238. The molecule has 3 N–H and O–H groups in total. The fourth-order valence-electron chi connectivity index (χ4n) is 5.57. The van der Waals surface area contributed by atoms with Gasteiger partial charge in [0, 0.05) is 29.8 Å². The summed E-state index contributed by atoms with van der Waals surface area (Å²) in [6, 6.07) is 3.41. The Morgan fingerprint density at radius 1 is 0.380 bits per heavy atom. The third kappa shape index (κ3) is 5.94. The number of hydrogen-bond acceptors (Lipinski definition) is 0. The number of quaternary nitrogens is 1. The van der Waals surface area contributed by atoms with Crippen molar-refractivity contribution in [1.82, 2.24) is 0 Å². The molecule has 0 atom stereocenters. The van der Waals surface area contributed by atoms with E-state index >= 15 is 35.1 Å². The van der Waals surface area contributed by atoms with Crippen molar-refractivity contribution < 1.29 is 76.0 Å². The van der Waals surface area contributed by atoms with Gasteiger partial charge in [-0.05, 0) is 25.5 Å². The molecule has 0 amide bonds. The topological polar surface area (TPSA) is 27.6 Å². The van der Waals surface area contributed by atoms with Crippen LogP contribution in [-0.2, 0) is 0 Å². The summed E-state index contributed by atoms with van der Waals surface area (Å²) >= 11 is 0. The molecule has 50 heavy (non-hydrogen) atoms. The number of rotatable bonds is 4. The van der Waals surface area contributed by atoms with Gasteiger partial charge in [-0.1, -0.05) is 12.1 Å². The van der Waals surface area contributed by atoms with E-state index in [9.17, 15) is 35.1 Å². The zero-order valence-corrected chi connectivity index (χ0v) is 24.9. The molecule has 5 aromatic carbocycles.